The monoisotopic (exact) mass is 286 g/mol. The molecule has 1 aromatic heterocycles. The van der Waals surface area contributed by atoms with Crippen molar-refractivity contribution in [3.8, 4) is 5.88 Å². The molecule has 0 unspecified atom stereocenters. The van der Waals surface area contributed by atoms with Crippen LogP contribution in [0.5, 0.6) is 5.88 Å². The Bertz CT molecular complexity index is 488. The van der Waals surface area contributed by atoms with Gasteiger partial charge in [-0.1, -0.05) is 26.3 Å². The second-order valence-electron chi connectivity index (χ2n) is 4.67. The van der Waals surface area contributed by atoms with Gasteiger partial charge in [0.2, 0.25) is 15.9 Å². The van der Waals surface area contributed by atoms with Gasteiger partial charge in [-0.2, -0.15) is 0 Å². The minimum atomic E-state index is -3.26. The van der Waals surface area contributed by atoms with E-state index in [-0.39, 0.29) is 18.2 Å². The Morgan fingerprint density at radius 2 is 2.21 bits per heavy atom. The van der Waals surface area contributed by atoms with Crippen molar-refractivity contribution in [2.45, 2.75) is 33.2 Å². The fourth-order valence-corrected chi connectivity index (χ4v) is 3.35. The molecule has 0 spiro atoms. The summed E-state index contributed by atoms with van der Waals surface area (Å²) in [6, 6.07) is 3.55. The number of hydrogen-bond acceptors (Lipinski definition) is 4. The van der Waals surface area contributed by atoms with E-state index in [4.69, 9.17) is 4.74 Å². The van der Waals surface area contributed by atoms with Crippen LogP contribution in [0.4, 0.5) is 0 Å². The van der Waals surface area contributed by atoms with Gasteiger partial charge in [-0.25, -0.2) is 18.1 Å². The lowest BCUT2D eigenvalue weighted by Gasteiger charge is -2.12. The van der Waals surface area contributed by atoms with Crippen LogP contribution in [0.1, 0.15) is 32.3 Å². The Kier molecular flexibility index (Phi) is 6.24. The van der Waals surface area contributed by atoms with Crippen LogP contribution in [-0.4, -0.2) is 26.3 Å². The molecule has 19 heavy (non-hydrogen) atoms. The summed E-state index contributed by atoms with van der Waals surface area (Å²) in [5.74, 6) is 0.772. The zero-order chi connectivity index (χ0) is 14.3. The first-order chi connectivity index (χ1) is 8.98. The molecule has 6 heteroatoms. The molecule has 0 aliphatic rings. The van der Waals surface area contributed by atoms with Gasteiger partial charge in [0.1, 0.15) is 0 Å². The van der Waals surface area contributed by atoms with E-state index in [9.17, 15) is 8.42 Å². The van der Waals surface area contributed by atoms with E-state index in [2.05, 4.69) is 16.6 Å². The highest BCUT2D eigenvalue weighted by Crippen LogP contribution is 2.14. The molecular weight excluding hydrogens is 264 g/mol. The zero-order valence-electron chi connectivity index (χ0n) is 11.7. The minimum absolute atomic E-state index is 0.156. The molecule has 0 radical (unpaired) electrons. The van der Waals surface area contributed by atoms with Crippen LogP contribution in [0.15, 0.2) is 18.3 Å². The van der Waals surface area contributed by atoms with Gasteiger partial charge in [-0.15, -0.1) is 0 Å². The number of nitrogens with zero attached hydrogens (tertiary/aromatic N) is 1. The molecule has 0 aliphatic carbocycles. The number of aromatic nitrogens is 1. The maximum atomic E-state index is 11.9. The SMILES string of the molecule is CCC[C@@H](C)CS(=O)(=O)NCc1cccnc1OC. The maximum absolute atomic E-state index is 11.9. The average molecular weight is 286 g/mol. The second-order valence-corrected chi connectivity index (χ2v) is 6.52. The number of pyridine rings is 1. The summed E-state index contributed by atoms with van der Waals surface area (Å²) in [5, 5.41) is 0. The average Bonchev–Trinajstić information content (AvgIpc) is 2.36. The molecule has 1 N–H and O–H groups in total. The van der Waals surface area contributed by atoms with Crippen LogP contribution in [-0.2, 0) is 16.6 Å². The molecule has 0 aliphatic heterocycles. The summed E-state index contributed by atoms with van der Waals surface area (Å²) in [5.41, 5.74) is 0.733. The lowest BCUT2D eigenvalue weighted by molar-refractivity contribution is 0.392. The lowest BCUT2D eigenvalue weighted by atomic mass is 10.1. The summed E-state index contributed by atoms with van der Waals surface area (Å²) in [4.78, 5) is 4.03. The Morgan fingerprint density at radius 1 is 1.47 bits per heavy atom. The molecule has 0 bridgehead atoms. The second kappa shape index (κ2) is 7.45. The number of sulfonamides is 1. The summed E-state index contributed by atoms with van der Waals surface area (Å²) in [6.45, 7) is 4.21. The van der Waals surface area contributed by atoms with Gasteiger partial charge in [-0.3, -0.25) is 0 Å². The first-order valence-electron chi connectivity index (χ1n) is 6.43. The summed E-state index contributed by atoms with van der Waals surface area (Å²) >= 11 is 0. The lowest BCUT2D eigenvalue weighted by Crippen LogP contribution is -2.29. The Hall–Kier alpha value is -1.14. The fourth-order valence-electron chi connectivity index (χ4n) is 1.94. The van der Waals surface area contributed by atoms with Crippen LogP contribution in [0, 0.1) is 5.92 Å². The molecule has 108 valence electrons. The van der Waals surface area contributed by atoms with Crippen molar-refractivity contribution in [2.24, 2.45) is 5.92 Å². The van der Waals surface area contributed by atoms with E-state index in [1.807, 2.05) is 6.92 Å². The smallest absolute Gasteiger partial charge is 0.217 e. The van der Waals surface area contributed by atoms with Crippen molar-refractivity contribution in [3.05, 3.63) is 23.9 Å². The van der Waals surface area contributed by atoms with Gasteiger partial charge < -0.3 is 4.74 Å². The Morgan fingerprint density at radius 3 is 2.84 bits per heavy atom. The van der Waals surface area contributed by atoms with Crippen LogP contribution in [0.2, 0.25) is 0 Å². The number of hydrogen-bond donors (Lipinski definition) is 1. The van der Waals surface area contributed by atoms with E-state index in [0.29, 0.717) is 5.88 Å². The first-order valence-corrected chi connectivity index (χ1v) is 8.09. The fraction of sp³-hybridized carbons (Fsp3) is 0.615. The molecule has 0 aromatic carbocycles. The molecule has 1 atom stereocenters. The summed E-state index contributed by atoms with van der Waals surface area (Å²) in [7, 11) is -1.74. The number of methoxy groups -OCH3 is 1. The Balaban J connectivity index is 2.60. The van der Waals surface area contributed by atoms with E-state index in [1.165, 1.54) is 7.11 Å². The predicted octanol–water partition coefficient (Wildman–Crippen LogP) is 1.95. The van der Waals surface area contributed by atoms with Crippen molar-refractivity contribution in [2.75, 3.05) is 12.9 Å². The third kappa shape index (κ3) is 5.57. The molecule has 0 saturated heterocycles. The zero-order valence-corrected chi connectivity index (χ0v) is 12.5. The predicted molar refractivity (Wildman–Crippen MR) is 75.5 cm³/mol. The molecule has 0 saturated carbocycles. The molecule has 1 rings (SSSR count). The first kappa shape index (κ1) is 15.9. The normalized spacial score (nSPS) is 13.2. The number of rotatable bonds is 8. The van der Waals surface area contributed by atoms with Crippen molar-refractivity contribution in [1.29, 1.82) is 0 Å². The van der Waals surface area contributed by atoms with Gasteiger partial charge in [0.15, 0.2) is 0 Å². The standard InChI is InChI=1S/C13H22N2O3S/c1-4-6-11(2)10-19(16,17)15-9-12-7-5-8-14-13(12)18-3/h5,7-8,11,15H,4,6,9-10H2,1-3H3/t11-/m1/s1. The third-order valence-corrected chi connectivity index (χ3v) is 4.40. The van der Waals surface area contributed by atoms with Crippen LogP contribution in [0.3, 0.4) is 0 Å². The van der Waals surface area contributed by atoms with Crippen molar-refractivity contribution in [1.82, 2.24) is 9.71 Å². The van der Waals surface area contributed by atoms with Gasteiger partial charge >= 0.3 is 0 Å². The number of nitrogens with one attached hydrogen (secondary N) is 1. The summed E-state index contributed by atoms with van der Waals surface area (Å²) in [6.07, 6.45) is 3.52. The molecule has 0 fully saturated rings. The van der Waals surface area contributed by atoms with E-state index >= 15 is 0 Å². The van der Waals surface area contributed by atoms with Gasteiger partial charge in [0, 0.05) is 18.3 Å². The van der Waals surface area contributed by atoms with Crippen molar-refractivity contribution < 1.29 is 13.2 Å². The molecule has 1 aromatic rings. The van der Waals surface area contributed by atoms with Crippen LogP contribution in [0.25, 0.3) is 0 Å². The minimum Gasteiger partial charge on any atom is -0.481 e. The highest BCUT2D eigenvalue weighted by Gasteiger charge is 2.15. The van der Waals surface area contributed by atoms with E-state index in [1.54, 1.807) is 18.3 Å². The Labute approximate surface area is 115 Å². The van der Waals surface area contributed by atoms with Crippen molar-refractivity contribution >= 4 is 10.0 Å². The van der Waals surface area contributed by atoms with Gasteiger partial charge in [0.05, 0.1) is 12.9 Å². The van der Waals surface area contributed by atoms with Gasteiger partial charge in [0.25, 0.3) is 0 Å². The quantitative estimate of drug-likeness (QED) is 0.793. The van der Waals surface area contributed by atoms with E-state index < -0.39 is 10.0 Å². The van der Waals surface area contributed by atoms with Gasteiger partial charge in [-0.05, 0) is 18.4 Å². The molecule has 0 amide bonds. The van der Waals surface area contributed by atoms with Crippen LogP contribution < -0.4 is 9.46 Å². The molecule has 5 nitrogen and oxygen atoms in total. The van der Waals surface area contributed by atoms with Crippen molar-refractivity contribution in [3.63, 3.8) is 0 Å². The highest BCUT2D eigenvalue weighted by atomic mass is 32.2. The number of ether oxygens (including phenoxy) is 1. The largest absolute Gasteiger partial charge is 0.481 e. The molecular formula is C13H22N2O3S. The topological polar surface area (TPSA) is 68.3 Å². The summed E-state index contributed by atoms with van der Waals surface area (Å²) < 4.78 is 31.5. The highest BCUT2D eigenvalue weighted by molar-refractivity contribution is 7.89. The third-order valence-electron chi connectivity index (χ3n) is 2.81. The van der Waals surface area contributed by atoms with Crippen LogP contribution >= 0.6 is 0 Å². The maximum Gasteiger partial charge on any atom is 0.217 e. The molecule has 1 heterocycles. The van der Waals surface area contributed by atoms with E-state index in [0.717, 1.165) is 18.4 Å².